The van der Waals surface area contributed by atoms with E-state index in [4.69, 9.17) is 14.2 Å². The van der Waals surface area contributed by atoms with E-state index in [9.17, 15) is 4.79 Å². The standard InChI is InChI=1S/C23H32O4/c1-15(24)27-17-6-9-21(2)16(12-17)4-5-18-19(21)7-10-22(3)20(18)8-11-23(22)13-25-14-26-23/h5-6,9,16-17,19-20H,4,7-8,10-14H2,1-3H3/t16?,17?,19?,20?,21-,22-,23?/m0/s1. The van der Waals surface area contributed by atoms with E-state index < -0.39 is 0 Å². The zero-order valence-corrected chi connectivity index (χ0v) is 16.8. The van der Waals surface area contributed by atoms with Crippen LogP contribution in [0.2, 0.25) is 0 Å². The lowest BCUT2D eigenvalue weighted by Gasteiger charge is -2.56. The predicted octanol–water partition coefficient (Wildman–Crippen LogP) is 4.40. The first-order chi connectivity index (χ1) is 12.9. The van der Waals surface area contributed by atoms with Crippen LogP contribution in [0, 0.1) is 28.6 Å². The summed E-state index contributed by atoms with van der Waals surface area (Å²) in [6.07, 6.45) is 13.9. The molecule has 5 rings (SSSR count). The normalized spacial score (nSPS) is 50.7. The fourth-order valence-corrected chi connectivity index (χ4v) is 7.31. The SMILES string of the molecule is CC(=O)OC1C=C[C@@]2(C)C(CC=C3C2CC[C@@]2(C)C3CCC23COCO3)C1. The Bertz CT molecular complexity index is 703. The van der Waals surface area contributed by atoms with Gasteiger partial charge in [0.15, 0.2) is 0 Å². The lowest BCUT2D eigenvalue weighted by molar-refractivity contribution is -0.146. The molecule has 148 valence electrons. The van der Waals surface area contributed by atoms with Crippen LogP contribution in [0.3, 0.4) is 0 Å². The molecule has 0 amide bonds. The molecule has 7 atom stereocenters. The maximum Gasteiger partial charge on any atom is 0.303 e. The number of fused-ring (bicyclic) bond motifs is 6. The molecule has 0 aromatic rings. The van der Waals surface area contributed by atoms with Crippen molar-refractivity contribution in [1.29, 1.82) is 0 Å². The van der Waals surface area contributed by atoms with Crippen LogP contribution in [0.15, 0.2) is 23.8 Å². The largest absolute Gasteiger partial charge is 0.458 e. The number of carbonyl (C=O) groups excluding carboxylic acids is 1. The Kier molecular flexibility index (Phi) is 3.94. The Morgan fingerprint density at radius 3 is 2.78 bits per heavy atom. The van der Waals surface area contributed by atoms with Gasteiger partial charge in [0.1, 0.15) is 18.5 Å². The van der Waals surface area contributed by atoms with E-state index in [1.807, 2.05) is 0 Å². The first kappa shape index (κ1) is 17.9. The Labute approximate surface area is 162 Å². The summed E-state index contributed by atoms with van der Waals surface area (Å²) in [6, 6.07) is 0. The van der Waals surface area contributed by atoms with Crippen LogP contribution in [0.25, 0.3) is 0 Å². The van der Waals surface area contributed by atoms with Crippen LogP contribution in [-0.2, 0) is 19.0 Å². The molecule has 2 saturated carbocycles. The van der Waals surface area contributed by atoms with Gasteiger partial charge in [-0.25, -0.2) is 0 Å². The molecule has 3 fully saturated rings. The molecular weight excluding hydrogens is 340 g/mol. The number of ether oxygens (including phenoxy) is 3. The fraction of sp³-hybridized carbons (Fsp3) is 0.783. The topological polar surface area (TPSA) is 44.8 Å². The number of rotatable bonds is 1. The van der Waals surface area contributed by atoms with Gasteiger partial charge in [0.05, 0.1) is 6.61 Å². The summed E-state index contributed by atoms with van der Waals surface area (Å²) in [5, 5.41) is 0. The van der Waals surface area contributed by atoms with Crippen LogP contribution >= 0.6 is 0 Å². The maximum atomic E-state index is 11.4. The predicted molar refractivity (Wildman–Crippen MR) is 102 cm³/mol. The molecule has 0 N–H and O–H groups in total. The second kappa shape index (κ2) is 5.93. The van der Waals surface area contributed by atoms with Crippen LogP contribution in [0.5, 0.6) is 0 Å². The zero-order chi connectivity index (χ0) is 18.9. The van der Waals surface area contributed by atoms with Crippen molar-refractivity contribution in [2.24, 2.45) is 28.6 Å². The summed E-state index contributed by atoms with van der Waals surface area (Å²) in [7, 11) is 0. The Morgan fingerprint density at radius 1 is 1.22 bits per heavy atom. The van der Waals surface area contributed by atoms with Crippen molar-refractivity contribution in [3.05, 3.63) is 23.8 Å². The van der Waals surface area contributed by atoms with Crippen molar-refractivity contribution < 1.29 is 19.0 Å². The quantitative estimate of drug-likeness (QED) is 0.505. The molecule has 5 aliphatic rings. The number of allylic oxidation sites excluding steroid dienone is 3. The molecule has 1 saturated heterocycles. The summed E-state index contributed by atoms with van der Waals surface area (Å²) in [4.78, 5) is 11.4. The third-order valence-electron chi connectivity index (χ3n) is 8.93. The molecular formula is C23H32O4. The van der Waals surface area contributed by atoms with Crippen molar-refractivity contribution in [2.45, 2.75) is 71.0 Å². The summed E-state index contributed by atoms with van der Waals surface area (Å²) in [6.45, 7) is 7.64. The molecule has 0 bridgehead atoms. The van der Waals surface area contributed by atoms with Crippen molar-refractivity contribution >= 4 is 5.97 Å². The third-order valence-corrected chi connectivity index (χ3v) is 8.93. The zero-order valence-electron chi connectivity index (χ0n) is 16.8. The molecule has 1 heterocycles. The van der Waals surface area contributed by atoms with Crippen LogP contribution in [-0.4, -0.2) is 31.1 Å². The highest BCUT2D eigenvalue weighted by Crippen LogP contribution is 2.67. The van der Waals surface area contributed by atoms with E-state index in [1.165, 1.54) is 26.2 Å². The molecule has 1 spiro atoms. The molecule has 1 aliphatic heterocycles. The molecule has 4 nitrogen and oxygen atoms in total. The van der Waals surface area contributed by atoms with Crippen molar-refractivity contribution in [3.8, 4) is 0 Å². The fourth-order valence-electron chi connectivity index (χ4n) is 7.31. The molecule has 0 aromatic heterocycles. The van der Waals surface area contributed by atoms with Gasteiger partial charge in [-0.3, -0.25) is 4.79 Å². The minimum atomic E-state index is -0.177. The first-order valence-electron chi connectivity index (χ1n) is 10.7. The van der Waals surface area contributed by atoms with Gasteiger partial charge >= 0.3 is 5.97 Å². The van der Waals surface area contributed by atoms with Gasteiger partial charge in [0, 0.05) is 12.3 Å². The smallest absolute Gasteiger partial charge is 0.303 e. The first-order valence-corrected chi connectivity index (χ1v) is 10.7. The van der Waals surface area contributed by atoms with Gasteiger partial charge in [0.2, 0.25) is 0 Å². The average Bonchev–Trinajstić information content (AvgIpc) is 3.21. The molecule has 0 aromatic carbocycles. The van der Waals surface area contributed by atoms with E-state index in [2.05, 4.69) is 32.1 Å². The molecule has 0 radical (unpaired) electrons. The molecule has 4 aliphatic carbocycles. The minimum Gasteiger partial charge on any atom is -0.458 e. The van der Waals surface area contributed by atoms with E-state index in [0.29, 0.717) is 24.5 Å². The number of esters is 1. The number of hydrogen-bond acceptors (Lipinski definition) is 4. The highest BCUT2D eigenvalue weighted by atomic mass is 16.7. The monoisotopic (exact) mass is 372 g/mol. The van der Waals surface area contributed by atoms with E-state index in [-0.39, 0.29) is 28.5 Å². The Balaban J connectivity index is 1.44. The molecule has 4 heteroatoms. The minimum absolute atomic E-state index is 0.0526. The number of carbonyl (C=O) groups is 1. The Morgan fingerprint density at radius 2 is 2.04 bits per heavy atom. The summed E-state index contributed by atoms with van der Waals surface area (Å²) < 4.78 is 17.4. The second-order valence-electron chi connectivity index (χ2n) is 9.95. The average molecular weight is 373 g/mol. The van der Waals surface area contributed by atoms with Crippen LogP contribution in [0.4, 0.5) is 0 Å². The molecule has 5 unspecified atom stereocenters. The van der Waals surface area contributed by atoms with Crippen LogP contribution in [0.1, 0.15) is 59.3 Å². The third kappa shape index (κ3) is 2.38. The van der Waals surface area contributed by atoms with Gasteiger partial charge in [-0.05, 0) is 67.8 Å². The van der Waals surface area contributed by atoms with Crippen molar-refractivity contribution in [1.82, 2.24) is 0 Å². The lowest BCUT2D eigenvalue weighted by atomic mass is 9.49. The number of hydrogen-bond donors (Lipinski definition) is 0. The van der Waals surface area contributed by atoms with E-state index >= 15 is 0 Å². The second-order valence-corrected chi connectivity index (χ2v) is 9.95. The van der Waals surface area contributed by atoms with E-state index in [1.54, 1.807) is 5.57 Å². The van der Waals surface area contributed by atoms with Crippen LogP contribution < -0.4 is 0 Å². The van der Waals surface area contributed by atoms with E-state index in [0.717, 1.165) is 25.9 Å². The molecule has 27 heavy (non-hydrogen) atoms. The van der Waals surface area contributed by atoms with Gasteiger partial charge < -0.3 is 14.2 Å². The van der Waals surface area contributed by atoms with Gasteiger partial charge in [-0.1, -0.05) is 31.6 Å². The van der Waals surface area contributed by atoms with Crippen molar-refractivity contribution in [3.63, 3.8) is 0 Å². The summed E-state index contributed by atoms with van der Waals surface area (Å²) in [5.41, 5.74) is 2.01. The van der Waals surface area contributed by atoms with Crippen molar-refractivity contribution in [2.75, 3.05) is 13.4 Å². The summed E-state index contributed by atoms with van der Waals surface area (Å²) >= 11 is 0. The van der Waals surface area contributed by atoms with Gasteiger partial charge in [0.25, 0.3) is 0 Å². The highest BCUT2D eigenvalue weighted by Gasteiger charge is 2.64. The maximum absolute atomic E-state index is 11.4. The lowest BCUT2D eigenvalue weighted by Crippen LogP contribution is -2.53. The van der Waals surface area contributed by atoms with Gasteiger partial charge in [-0.15, -0.1) is 0 Å². The highest BCUT2D eigenvalue weighted by molar-refractivity contribution is 5.66. The van der Waals surface area contributed by atoms with Gasteiger partial charge in [-0.2, -0.15) is 0 Å². The Hall–Kier alpha value is -1.13. The summed E-state index contributed by atoms with van der Waals surface area (Å²) in [5.74, 6) is 1.62.